The fourth-order valence-electron chi connectivity index (χ4n) is 4.13. The van der Waals surface area contributed by atoms with Crippen molar-refractivity contribution in [2.24, 2.45) is 11.8 Å². The highest BCUT2D eigenvalue weighted by Crippen LogP contribution is 2.31. The molecule has 4 heterocycles. The number of hydrogen-bond acceptors (Lipinski definition) is 3. The summed E-state index contributed by atoms with van der Waals surface area (Å²) in [5, 5.41) is 0. The maximum Gasteiger partial charge on any atom is 0.0930 e. The number of nitrogens with zero attached hydrogens (tertiary/aromatic N) is 3. The summed E-state index contributed by atoms with van der Waals surface area (Å²) < 4.78 is 0. The molecule has 4 nitrogen and oxygen atoms in total. The van der Waals surface area contributed by atoms with Crippen molar-refractivity contribution in [3.05, 3.63) is 48.4 Å². The molecule has 1 aliphatic rings. The Kier molecular flexibility index (Phi) is 4.07. The molecule has 1 aliphatic heterocycles. The molecule has 0 radical (unpaired) electrons. The van der Waals surface area contributed by atoms with Gasteiger partial charge in [-0.1, -0.05) is 13.8 Å². The van der Waals surface area contributed by atoms with E-state index in [1.165, 1.54) is 12.0 Å². The van der Waals surface area contributed by atoms with Gasteiger partial charge in [0.15, 0.2) is 0 Å². The number of likely N-dealkylation sites (tertiary alicyclic amines) is 1. The molecular weight excluding hydrogens is 296 g/mol. The number of aromatic amines is 1. The van der Waals surface area contributed by atoms with Crippen LogP contribution in [-0.4, -0.2) is 32.9 Å². The smallest absolute Gasteiger partial charge is 0.0930 e. The SMILES string of the molecule is CC1CC(C)CN(Cc2c(-c3cccnc3)[nH]c3cccnc23)C1. The Morgan fingerprint density at radius 3 is 2.67 bits per heavy atom. The van der Waals surface area contributed by atoms with Crippen molar-refractivity contribution in [2.75, 3.05) is 13.1 Å². The molecule has 24 heavy (non-hydrogen) atoms. The molecule has 124 valence electrons. The Balaban J connectivity index is 1.75. The third-order valence-electron chi connectivity index (χ3n) is 4.93. The first kappa shape index (κ1) is 15.3. The molecule has 0 spiro atoms. The standard InChI is InChI=1S/C20H24N4/c1-14-9-15(2)12-24(11-14)13-17-19(16-5-3-7-21-10-16)23-18-6-4-8-22-20(17)18/h3-8,10,14-15,23H,9,11-13H2,1-2H3. The largest absolute Gasteiger partial charge is 0.353 e. The zero-order valence-corrected chi connectivity index (χ0v) is 14.4. The van der Waals surface area contributed by atoms with E-state index in [9.17, 15) is 0 Å². The Morgan fingerprint density at radius 2 is 1.92 bits per heavy atom. The molecule has 0 saturated carbocycles. The molecule has 1 N–H and O–H groups in total. The van der Waals surface area contributed by atoms with Gasteiger partial charge < -0.3 is 4.98 Å². The van der Waals surface area contributed by atoms with Crippen molar-refractivity contribution in [3.63, 3.8) is 0 Å². The van der Waals surface area contributed by atoms with E-state index in [0.717, 1.165) is 53.8 Å². The van der Waals surface area contributed by atoms with Crippen molar-refractivity contribution in [1.29, 1.82) is 0 Å². The predicted molar refractivity (Wildman–Crippen MR) is 97.5 cm³/mol. The third kappa shape index (κ3) is 2.94. The molecule has 2 unspecified atom stereocenters. The average Bonchev–Trinajstić information content (AvgIpc) is 2.94. The summed E-state index contributed by atoms with van der Waals surface area (Å²) in [4.78, 5) is 15.1. The van der Waals surface area contributed by atoms with Crippen LogP contribution in [0, 0.1) is 11.8 Å². The summed E-state index contributed by atoms with van der Waals surface area (Å²) >= 11 is 0. The normalized spacial score (nSPS) is 22.1. The Labute approximate surface area is 142 Å². The zero-order valence-electron chi connectivity index (χ0n) is 14.4. The minimum absolute atomic E-state index is 0.758. The summed E-state index contributed by atoms with van der Waals surface area (Å²) in [6.45, 7) is 7.99. The van der Waals surface area contributed by atoms with E-state index in [2.05, 4.69) is 45.8 Å². The summed E-state index contributed by atoms with van der Waals surface area (Å²) in [7, 11) is 0. The van der Waals surface area contributed by atoms with Gasteiger partial charge in [0, 0.05) is 49.4 Å². The fraction of sp³-hybridized carbons (Fsp3) is 0.400. The molecule has 2 atom stereocenters. The van der Waals surface area contributed by atoms with Crippen LogP contribution in [0.5, 0.6) is 0 Å². The van der Waals surface area contributed by atoms with Crippen LogP contribution in [0.25, 0.3) is 22.3 Å². The molecule has 0 bridgehead atoms. The van der Waals surface area contributed by atoms with Crippen LogP contribution in [-0.2, 0) is 6.54 Å². The van der Waals surface area contributed by atoms with Crippen LogP contribution >= 0.6 is 0 Å². The van der Waals surface area contributed by atoms with Crippen LogP contribution in [0.1, 0.15) is 25.8 Å². The van der Waals surface area contributed by atoms with E-state index < -0.39 is 0 Å². The molecule has 0 amide bonds. The van der Waals surface area contributed by atoms with E-state index in [1.54, 1.807) is 0 Å². The van der Waals surface area contributed by atoms with Gasteiger partial charge in [-0.15, -0.1) is 0 Å². The monoisotopic (exact) mass is 320 g/mol. The summed E-state index contributed by atoms with van der Waals surface area (Å²) in [6.07, 6.45) is 6.96. The predicted octanol–water partition coefficient (Wildman–Crippen LogP) is 4.10. The van der Waals surface area contributed by atoms with Gasteiger partial charge in [0.2, 0.25) is 0 Å². The second-order valence-corrected chi connectivity index (χ2v) is 7.26. The van der Waals surface area contributed by atoms with Gasteiger partial charge >= 0.3 is 0 Å². The van der Waals surface area contributed by atoms with Crippen molar-refractivity contribution >= 4 is 11.0 Å². The lowest BCUT2D eigenvalue weighted by molar-refractivity contribution is 0.135. The molecule has 4 rings (SSSR count). The van der Waals surface area contributed by atoms with Gasteiger partial charge in [0.25, 0.3) is 0 Å². The lowest BCUT2D eigenvalue weighted by atomic mass is 9.91. The van der Waals surface area contributed by atoms with Crippen molar-refractivity contribution in [3.8, 4) is 11.3 Å². The van der Waals surface area contributed by atoms with Crippen LogP contribution < -0.4 is 0 Å². The summed E-state index contributed by atoms with van der Waals surface area (Å²) in [6, 6.07) is 8.19. The maximum absolute atomic E-state index is 4.65. The Bertz CT molecular complexity index is 814. The van der Waals surface area contributed by atoms with E-state index in [0.29, 0.717) is 0 Å². The third-order valence-corrected chi connectivity index (χ3v) is 4.93. The number of fused-ring (bicyclic) bond motifs is 1. The van der Waals surface area contributed by atoms with Crippen molar-refractivity contribution in [1.82, 2.24) is 19.9 Å². The second kappa shape index (κ2) is 6.36. The van der Waals surface area contributed by atoms with Crippen LogP contribution in [0.2, 0.25) is 0 Å². The molecule has 1 saturated heterocycles. The Morgan fingerprint density at radius 1 is 1.12 bits per heavy atom. The molecule has 4 heteroatoms. The van der Waals surface area contributed by atoms with Gasteiger partial charge in [0.05, 0.1) is 16.7 Å². The fourth-order valence-corrected chi connectivity index (χ4v) is 4.13. The van der Waals surface area contributed by atoms with Gasteiger partial charge in [-0.2, -0.15) is 0 Å². The first-order chi connectivity index (χ1) is 11.7. The molecule has 3 aromatic rings. The zero-order chi connectivity index (χ0) is 16.5. The first-order valence-electron chi connectivity index (χ1n) is 8.79. The highest BCUT2D eigenvalue weighted by Gasteiger charge is 2.24. The Hall–Kier alpha value is -2.20. The van der Waals surface area contributed by atoms with Crippen LogP contribution in [0.15, 0.2) is 42.9 Å². The highest BCUT2D eigenvalue weighted by molar-refractivity contribution is 5.87. The topological polar surface area (TPSA) is 44.8 Å². The van der Waals surface area contributed by atoms with E-state index >= 15 is 0 Å². The first-order valence-corrected chi connectivity index (χ1v) is 8.79. The second-order valence-electron chi connectivity index (χ2n) is 7.26. The molecule has 3 aromatic heterocycles. The van der Waals surface area contributed by atoms with E-state index in [1.807, 2.05) is 30.7 Å². The number of pyridine rings is 2. The van der Waals surface area contributed by atoms with Gasteiger partial charge in [-0.3, -0.25) is 14.9 Å². The number of piperidine rings is 1. The van der Waals surface area contributed by atoms with Gasteiger partial charge in [0.1, 0.15) is 0 Å². The minimum atomic E-state index is 0.758. The molecule has 0 aliphatic carbocycles. The number of rotatable bonds is 3. The highest BCUT2D eigenvalue weighted by atomic mass is 15.1. The van der Waals surface area contributed by atoms with E-state index in [4.69, 9.17) is 0 Å². The lowest BCUT2D eigenvalue weighted by Crippen LogP contribution is -2.38. The molecular formula is C20H24N4. The van der Waals surface area contributed by atoms with E-state index in [-0.39, 0.29) is 0 Å². The summed E-state index contributed by atoms with van der Waals surface area (Å²) in [5.41, 5.74) is 5.76. The van der Waals surface area contributed by atoms with Crippen LogP contribution in [0.4, 0.5) is 0 Å². The van der Waals surface area contributed by atoms with Gasteiger partial charge in [-0.05, 0) is 42.5 Å². The van der Waals surface area contributed by atoms with Gasteiger partial charge in [-0.25, -0.2) is 0 Å². The average molecular weight is 320 g/mol. The number of H-pyrrole nitrogens is 1. The minimum Gasteiger partial charge on any atom is -0.353 e. The van der Waals surface area contributed by atoms with Crippen molar-refractivity contribution in [2.45, 2.75) is 26.8 Å². The number of nitrogens with one attached hydrogen (secondary N) is 1. The molecule has 0 aromatic carbocycles. The maximum atomic E-state index is 4.65. The number of hydrogen-bond donors (Lipinski definition) is 1. The van der Waals surface area contributed by atoms with Crippen LogP contribution in [0.3, 0.4) is 0 Å². The quantitative estimate of drug-likeness (QED) is 0.790. The number of aromatic nitrogens is 3. The summed E-state index contributed by atoms with van der Waals surface area (Å²) in [5.74, 6) is 1.52. The lowest BCUT2D eigenvalue weighted by Gasteiger charge is -2.35. The van der Waals surface area contributed by atoms with Crippen molar-refractivity contribution < 1.29 is 0 Å². The molecule has 1 fully saturated rings.